The van der Waals surface area contributed by atoms with Gasteiger partial charge in [-0.05, 0) is 13.0 Å². The van der Waals surface area contributed by atoms with Crippen LogP contribution in [0.15, 0.2) is 40.5 Å². The largest absolute Gasteiger partial charge is 0.496 e. The number of nitrogens with one attached hydrogen (secondary N) is 1. The molecule has 0 saturated carbocycles. The molecule has 0 bridgehead atoms. The summed E-state index contributed by atoms with van der Waals surface area (Å²) < 4.78 is 5.37. The molecule has 0 amide bonds. The van der Waals surface area contributed by atoms with Gasteiger partial charge in [0, 0.05) is 16.5 Å². The molecule has 0 aliphatic carbocycles. The molecule has 0 fully saturated rings. The van der Waals surface area contributed by atoms with Gasteiger partial charge in [-0.3, -0.25) is 0 Å². The maximum atomic E-state index is 11.7. The Morgan fingerprint density at radius 2 is 2.09 bits per heavy atom. The highest BCUT2D eigenvalue weighted by atomic mass is 32.2. The molecular weight excluding hydrogens is 300 g/mol. The van der Waals surface area contributed by atoms with Crippen LogP contribution in [0, 0.1) is 0 Å². The minimum Gasteiger partial charge on any atom is -0.496 e. The van der Waals surface area contributed by atoms with Crippen molar-refractivity contribution in [2.75, 3.05) is 7.11 Å². The highest BCUT2D eigenvalue weighted by molar-refractivity contribution is 8.14. The zero-order valence-corrected chi connectivity index (χ0v) is 13.9. The second-order valence-electron chi connectivity index (χ2n) is 5.21. The minimum absolute atomic E-state index is 0.248. The number of methoxy groups -OCH3 is 1. The van der Waals surface area contributed by atoms with Crippen LogP contribution in [-0.4, -0.2) is 28.6 Å². The standard InChI is InChI=1S/C16H20N2O3S/c1-9(2)22-16-17-10(3)13(15(19)20)14(18-16)11-7-5-6-8-12(11)21-4/h5-9,14H,1-4H3,(H,17,18)(H,19,20). The van der Waals surface area contributed by atoms with Gasteiger partial charge < -0.3 is 15.2 Å². The first-order valence-corrected chi connectivity index (χ1v) is 7.90. The van der Waals surface area contributed by atoms with E-state index in [1.165, 1.54) is 0 Å². The number of para-hydroxylation sites is 1. The van der Waals surface area contributed by atoms with Gasteiger partial charge in [-0.1, -0.05) is 43.8 Å². The minimum atomic E-state index is -0.974. The monoisotopic (exact) mass is 320 g/mol. The molecule has 1 unspecified atom stereocenters. The lowest BCUT2D eigenvalue weighted by atomic mass is 9.96. The number of amidine groups is 1. The van der Waals surface area contributed by atoms with Crippen molar-refractivity contribution in [2.24, 2.45) is 4.99 Å². The second kappa shape index (κ2) is 6.87. The van der Waals surface area contributed by atoms with E-state index in [2.05, 4.69) is 24.2 Å². The van der Waals surface area contributed by atoms with Gasteiger partial charge in [0.25, 0.3) is 0 Å². The van der Waals surface area contributed by atoms with Crippen molar-refractivity contribution in [3.63, 3.8) is 0 Å². The number of allylic oxidation sites excluding steroid dienone is 1. The van der Waals surface area contributed by atoms with Gasteiger partial charge in [0.1, 0.15) is 11.8 Å². The first-order valence-electron chi connectivity index (χ1n) is 7.02. The number of carboxylic acids is 1. The Kier molecular flexibility index (Phi) is 5.13. The summed E-state index contributed by atoms with van der Waals surface area (Å²) in [5.74, 6) is -0.336. The van der Waals surface area contributed by atoms with Crippen LogP contribution in [0.4, 0.5) is 0 Å². The fourth-order valence-electron chi connectivity index (χ4n) is 2.32. The van der Waals surface area contributed by atoms with E-state index in [1.807, 2.05) is 24.3 Å². The maximum Gasteiger partial charge on any atom is 0.335 e. The van der Waals surface area contributed by atoms with Crippen molar-refractivity contribution in [1.82, 2.24) is 5.32 Å². The van der Waals surface area contributed by atoms with Gasteiger partial charge in [0.15, 0.2) is 5.17 Å². The number of carbonyl (C=O) groups is 1. The van der Waals surface area contributed by atoms with Crippen LogP contribution < -0.4 is 10.1 Å². The maximum absolute atomic E-state index is 11.7. The fourth-order valence-corrected chi connectivity index (χ4v) is 3.15. The second-order valence-corrected chi connectivity index (χ2v) is 6.78. The molecule has 0 aromatic heterocycles. The van der Waals surface area contributed by atoms with E-state index in [1.54, 1.807) is 25.8 Å². The number of hydrogen-bond donors (Lipinski definition) is 2. The van der Waals surface area contributed by atoms with Crippen LogP contribution >= 0.6 is 11.8 Å². The Hall–Kier alpha value is -1.95. The number of hydrogen-bond acceptors (Lipinski definition) is 5. The molecule has 1 aliphatic heterocycles. The molecule has 22 heavy (non-hydrogen) atoms. The average molecular weight is 320 g/mol. The summed E-state index contributed by atoms with van der Waals surface area (Å²) in [7, 11) is 1.57. The van der Waals surface area contributed by atoms with Crippen molar-refractivity contribution < 1.29 is 14.6 Å². The Morgan fingerprint density at radius 3 is 2.68 bits per heavy atom. The number of aliphatic carboxylic acids is 1. The van der Waals surface area contributed by atoms with Crippen LogP contribution in [0.1, 0.15) is 32.4 Å². The number of nitrogens with zero attached hydrogens (tertiary/aromatic N) is 1. The lowest BCUT2D eigenvalue weighted by Crippen LogP contribution is -2.30. The molecule has 118 valence electrons. The number of thioether (sulfide) groups is 1. The Bertz CT molecular complexity index is 638. The molecule has 1 aliphatic rings. The van der Waals surface area contributed by atoms with Crippen LogP contribution in [0.25, 0.3) is 0 Å². The highest BCUT2D eigenvalue weighted by Gasteiger charge is 2.31. The number of ether oxygens (including phenoxy) is 1. The number of benzene rings is 1. The van der Waals surface area contributed by atoms with E-state index >= 15 is 0 Å². The normalized spacial score (nSPS) is 18.0. The van der Waals surface area contributed by atoms with Crippen LogP contribution in [-0.2, 0) is 4.79 Å². The summed E-state index contributed by atoms with van der Waals surface area (Å²) in [6.45, 7) is 5.90. The molecule has 5 nitrogen and oxygen atoms in total. The van der Waals surface area contributed by atoms with E-state index in [-0.39, 0.29) is 5.57 Å². The van der Waals surface area contributed by atoms with Crippen molar-refractivity contribution in [3.05, 3.63) is 41.1 Å². The van der Waals surface area contributed by atoms with Crippen LogP contribution in [0.3, 0.4) is 0 Å². The Morgan fingerprint density at radius 1 is 1.41 bits per heavy atom. The third-order valence-corrected chi connectivity index (χ3v) is 4.13. The quantitative estimate of drug-likeness (QED) is 0.891. The Balaban J connectivity index is 2.52. The smallest absolute Gasteiger partial charge is 0.335 e. The van der Waals surface area contributed by atoms with E-state index in [4.69, 9.17) is 4.74 Å². The van der Waals surface area contributed by atoms with Crippen molar-refractivity contribution in [1.29, 1.82) is 0 Å². The molecule has 2 N–H and O–H groups in total. The third-order valence-electron chi connectivity index (χ3n) is 3.23. The average Bonchev–Trinajstić information content (AvgIpc) is 2.45. The predicted molar refractivity (Wildman–Crippen MR) is 89.4 cm³/mol. The van der Waals surface area contributed by atoms with E-state index < -0.39 is 12.0 Å². The van der Waals surface area contributed by atoms with Crippen molar-refractivity contribution in [3.8, 4) is 5.75 Å². The number of carboxylic acid groups (broad SMARTS) is 1. The fraction of sp³-hybridized carbons (Fsp3) is 0.375. The summed E-state index contributed by atoms with van der Waals surface area (Å²) in [4.78, 5) is 16.3. The summed E-state index contributed by atoms with van der Waals surface area (Å²) in [6.07, 6.45) is 0. The number of aliphatic imine (C=N–C) groups is 1. The molecule has 1 aromatic rings. The molecule has 0 spiro atoms. The number of rotatable bonds is 4. The molecular formula is C16H20N2O3S. The van der Waals surface area contributed by atoms with E-state index in [0.717, 1.165) is 10.7 Å². The SMILES string of the molecule is COc1ccccc1C1N=C(SC(C)C)NC(C)=C1C(=O)O. The van der Waals surface area contributed by atoms with Gasteiger partial charge in [-0.2, -0.15) is 0 Å². The summed E-state index contributed by atoms with van der Waals surface area (Å²) in [6, 6.07) is 6.81. The van der Waals surface area contributed by atoms with Gasteiger partial charge in [-0.15, -0.1) is 0 Å². The molecule has 2 rings (SSSR count). The lowest BCUT2D eigenvalue weighted by molar-refractivity contribution is -0.133. The summed E-state index contributed by atoms with van der Waals surface area (Å²) in [5, 5.41) is 13.7. The highest BCUT2D eigenvalue weighted by Crippen LogP contribution is 2.37. The predicted octanol–water partition coefficient (Wildman–Crippen LogP) is 3.20. The lowest BCUT2D eigenvalue weighted by Gasteiger charge is -2.26. The first-order chi connectivity index (χ1) is 10.4. The molecule has 1 heterocycles. The van der Waals surface area contributed by atoms with Crippen LogP contribution in [0.2, 0.25) is 0 Å². The molecule has 1 atom stereocenters. The van der Waals surface area contributed by atoms with Crippen LogP contribution in [0.5, 0.6) is 5.75 Å². The van der Waals surface area contributed by atoms with Gasteiger partial charge >= 0.3 is 5.97 Å². The third kappa shape index (κ3) is 3.44. The molecule has 1 aromatic carbocycles. The zero-order chi connectivity index (χ0) is 16.3. The Labute approximate surface area is 134 Å². The zero-order valence-electron chi connectivity index (χ0n) is 13.1. The van der Waals surface area contributed by atoms with Gasteiger partial charge in [0.2, 0.25) is 0 Å². The van der Waals surface area contributed by atoms with Gasteiger partial charge in [0.05, 0.1) is 12.7 Å². The molecule has 0 radical (unpaired) electrons. The van der Waals surface area contributed by atoms with E-state index in [0.29, 0.717) is 16.7 Å². The van der Waals surface area contributed by atoms with Crippen molar-refractivity contribution in [2.45, 2.75) is 32.1 Å². The van der Waals surface area contributed by atoms with Gasteiger partial charge in [-0.25, -0.2) is 9.79 Å². The first kappa shape index (κ1) is 16.4. The summed E-state index contributed by atoms with van der Waals surface area (Å²) >= 11 is 1.58. The van der Waals surface area contributed by atoms with Crippen molar-refractivity contribution >= 4 is 22.9 Å². The summed E-state index contributed by atoms with van der Waals surface area (Å²) in [5.41, 5.74) is 1.62. The molecule has 0 saturated heterocycles. The van der Waals surface area contributed by atoms with E-state index in [9.17, 15) is 9.90 Å². The topological polar surface area (TPSA) is 70.9 Å². The molecule has 6 heteroatoms.